The van der Waals surface area contributed by atoms with E-state index < -0.39 is 0 Å². The summed E-state index contributed by atoms with van der Waals surface area (Å²) in [5.41, 5.74) is 6.92. The summed E-state index contributed by atoms with van der Waals surface area (Å²) < 4.78 is 6.44. The summed E-state index contributed by atoms with van der Waals surface area (Å²) in [5, 5.41) is 4.76. The van der Waals surface area contributed by atoms with Gasteiger partial charge in [-0.1, -0.05) is 63.4 Å². The van der Waals surface area contributed by atoms with Gasteiger partial charge in [-0.25, -0.2) is 0 Å². The summed E-state index contributed by atoms with van der Waals surface area (Å²) in [6.45, 7) is 9.95. The normalized spacial score (nSPS) is 17.3. The van der Waals surface area contributed by atoms with Gasteiger partial charge in [0, 0.05) is 18.7 Å². The maximum atomic E-state index is 6.44. The minimum atomic E-state index is 0.295. The number of allylic oxidation sites excluding steroid dienone is 2. The average molecular weight is 374 g/mol. The van der Waals surface area contributed by atoms with E-state index in [1.165, 1.54) is 24.0 Å². The molecule has 0 bridgehead atoms. The van der Waals surface area contributed by atoms with Crippen molar-refractivity contribution in [3.63, 3.8) is 0 Å². The van der Waals surface area contributed by atoms with Gasteiger partial charge < -0.3 is 9.64 Å². The number of fused-ring (bicyclic) bond motifs is 1. The Morgan fingerprint density at radius 3 is 2.88 bits per heavy atom. The van der Waals surface area contributed by atoms with Crippen LogP contribution in [0.25, 0.3) is 0 Å². The predicted octanol–water partition coefficient (Wildman–Crippen LogP) is 5.29. The highest BCUT2D eigenvalue weighted by molar-refractivity contribution is 6.33. The van der Waals surface area contributed by atoms with E-state index in [0.717, 1.165) is 43.8 Å². The van der Waals surface area contributed by atoms with E-state index in [1.54, 1.807) is 6.21 Å². The van der Waals surface area contributed by atoms with Crippen LogP contribution in [0.5, 0.6) is 5.75 Å². The van der Waals surface area contributed by atoms with Crippen molar-refractivity contribution >= 4 is 17.8 Å². The van der Waals surface area contributed by atoms with Gasteiger partial charge in [0.2, 0.25) is 0 Å². The summed E-state index contributed by atoms with van der Waals surface area (Å²) in [7, 11) is 0. The first kappa shape index (κ1) is 18.8. The molecular weight excluding hydrogens is 346 g/mol. The molecule has 26 heavy (non-hydrogen) atoms. The number of nitrogens with one attached hydrogen (secondary N) is 1. The minimum Gasteiger partial charge on any atom is -0.490 e. The molecule has 140 valence electrons. The molecule has 1 aromatic rings. The number of rotatable bonds is 8. The topological polar surface area (TPSA) is 36.9 Å². The molecule has 5 heteroatoms. The van der Waals surface area contributed by atoms with Crippen molar-refractivity contribution in [1.29, 1.82) is 0 Å². The van der Waals surface area contributed by atoms with Gasteiger partial charge in [-0.15, -0.1) is 0 Å². The Balaban J connectivity index is 1.78. The lowest BCUT2D eigenvalue weighted by molar-refractivity contribution is 0.174. The van der Waals surface area contributed by atoms with Crippen LogP contribution in [0.4, 0.5) is 0 Å². The molecule has 2 aliphatic rings. The zero-order valence-electron chi connectivity index (χ0n) is 15.7. The van der Waals surface area contributed by atoms with E-state index in [2.05, 4.69) is 54.1 Å². The van der Waals surface area contributed by atoms with Crippen molar-refractivity contribution in [3.05, 3.63) is 52.3 Å². The van der Waals surface area contributed by atoms with Gasteiger partial charge in [-0.3, -0.25) is 5.43 Å². The Labute approximate surface area is 161 Å². The molecule has 0 fully saturated rings. The summed E-state index contributed by atoms with van der Waals surface area (Å²) in [4.78, 5) is 2.23. The predicted molar refractivity (Wildman–Crippen MR) is 108 cm³/mol. The highest BCUT2D eigenvalue weighted by Gasteiger charge is 2.27. The van der Waals surface area contributed by atoms with Crippen LogP contribution in [0.2, 0.25) is 0 Å². The number of hydrogen-bond donors (Lipinski definition) is 1. The summed E-state index contributed by atoms with van der Waals surface area (Å²) in [6.07, 6.45) is 7.83. The fourth-order valence-electron chi connectivity index (χ4n) is 3.52. The lowest BCUT2D eigenvalue weighted by Crippen LogP contribution is -2.24. The van der Waals surface area contributed by atoms with Gasteiger partial charge in [0.15, 0.2) is 0 Å². The molecule has 1 aromatic carbocycles. The number of unbranched alkanes of at least 4 members (excludes halogenated alkanes) is 1. The van der Waals surface area contributed by atoms with Crippen molar-refractivity contribution in [2.75, 3.05) is 0 Å². The first-order valence-corrected chi connectivity index (χ1v) is 9.92. The zero-order valence-corrected chi connectivity index (χ0v) is 16.5. The first-order chi connectivity index (χ1) is 12.6. The van der Waals surface area contributed by atoms with E-state index in [9.17, 15) is 0 Å². The number of nitrogens with zero attached hydrogens (tertiary/aromatic N) is 2. The van der Waals surface area contributed by atoms with Crippen molar-refractivity contribution in [2.45, 2.75) is 65.1 Å². The molecule has 1 unspecified atom stereocenters. The smallest absolute Gasteiger partial charge is 0.125 e. The van der Waals surface area contributed by atoms with Crippen LogP contribution >= 0.6 is 11.6 Å². The summed E-state index contributed by atoms with van der Waals surface area (Å²) in [6, 6.07) is 6.36. The van der Waals surface area contributed by atoms with Crippen molar-refractivity contribution < 1.29 is 4.74 Å². The largest absolute Gasteiger partial charge is 0.490 e. The van der Waals surface area contributed by atoms with Crippen molar-refractivity contribution in [1.82, 2.24) is 10.3 Å². The van der Waals surface area contributed by atoms with E-state index in [-0.39, 0.29) is 0 Å². The SMILES string of the molecule is C=C1NN=CC(N2Cc3cccc(OC(CCC)CCCC)c3C2)=C1Cl. The van der Waals surface area contributed by atoms with E-state index in [0.29, 0.717) is 16.8 Å². The third kappa shape index (κ3) is 4.07. The van der Waals surface area contributed by atoms with Gasteiger partial charge in [-0.05, 0) is 24.5 Å². The van der Waals surface area contributed by atoms with Gasteiger partial charge in [0.25, 0.3) is 0 Å². The van der Waals surface area contributed by atoms with Gasteiger partial charge >= 0.3 is 0 Å². The maximum Gasteiger partial charge on any atom is 0.125 e. The lowest BCUT2D eigenvalue weighted by Gasteiger charge is -2.24. The number of ether oxygens (including phenoxy) is 1. The molecule has 1 N–H and O–H groups in total. The number of benzene rings is 1. The van der Waals surface area contributed by atoms with Crippen LogP contribution in [0.3, 0.4) is 0 Å². The Hall–Kier alpha value is -1.94. The third-order valence-corrected chi connectivity index (χ3v) is 5.36. The molecule has 0 saturated heterocycles. The number of hydrazone groups is 1. The van der Waals surface area contributed by atoms with Crippen LogP contribution in [0, 0.1) is 0 Å². The zero-order chi connectivity index (χ0) is 18.5. The van der Waals surface area contributed by atoms with Crippen LogP contribution < -0.4 is 10.2 Å². The molecule has 2 aliphatic heterocycles. The van der Waals surface area contributed by atoms with E-state index in [4.69, 9.17) is 16.3 Å². The van der Waals surface area contributed by atoms with Crippen LogP contribution in [-0.4, -0.2) is 17.2 Å². The Morgan fingerprint density at radius 1 is 1.27 bits per heavy atom. The summed E-state index contributed by atoms with van der Waals surface area (Å²) >= 11 is 6.43. The molecular formula is C21H28ClN3O. The molecule has 4 nitrogen and oxygen atoms in total. The molecule has 0 saturated carbocycles. The van der Waals surface area contributed by atoms with Gasteiger partial charge in [0.1, 0.15) is 5.75 Å². The van der Waals surface area contributed by atoms with E-state index >= 15 is 0 Å². The fraction of sp³-hybridized carbons (Fsp3) is 0.476. The van der Waals surface area contributed by atoms with Gasteiger partial charge in [-0.2, -0.15) is 5.10 Å². The fourth-order valence-corrected chi connectivity index (χ4v) is 3.73. The number of hydrogen-bond acceptors (Lipinski definition) is 4. The highest BCUT2D eigenvalue weighted by Crippen LogP contribution is 2.36. The average Bonchev–Trinajstić information content (AvgIpc) is 3.07. The minimum absolute atomic E-state index is 0.295. The monoisotopic (exact) mass is 373 g/mol. The molecule has 0 spiro atoms. The molecule has 3 rings (SSSR count). The van der Waals surface area contributed by atoms with Crippen LogP contribution in [0.1, 0.15) is 57.1 Å². The van der Waals surface area contributed by atoms with E-state index in [1.807, 2.05) is 0 Å². The molecule has 0 amide bonds. The van der Waals surface area contributed by atoms with Crippen molar-refractivity contribution in [2.24, 2.45) is 5.10 Å². The number of halogens is 1. The standard InChI is InChI=1S/C21H28ClN3O/c1-4-6-10-17(8-5-2)26-20-11-7-9-16-13-25(14-18(16)20)19-12-23-24-15(3)21(19)22/h7,9,11-12,17,24H,3-6,8,10,13-14H2,1-2H3. The highest BCUT2D eigenvalue weighted by atomic mass is 35.5. The Morgan fingerprint density at radius 2 is 2.12 bits per heavy atom. The lowest BCUT2D eigenvalue weighted by atomic mass is 10.1. The molecule has 0 aromatic heterocycles. The second kappa shape index (κ2) is 8.63. The molecule has 0 aliphatic carbocycles. The Bertz CT molecular complexity index is 726. The Kier molecular flexibility index (Phi) is 6.25. The molecule has 2 heterocycles. The second-order valence-corrected chi connectivity index (χ2v) is 7.35. The van der Waals surface area contributed by atoms with Crippen LogP contribution in [-0.2, 0) is 13.1 Å². The third-order valence-electron chi connectivity index (χ3n) is 4.94. The van der Waals surface area contributed by atoms with Crippen molar-refractivity contribution in [3.8, 4) is 5.75 Å². The molecule has 0 radical (unpaired) electrons. The second-order valence-electron chi connectivity index (χ2n) is 6.97. The van der Waals surface area contributed by atoms with Gasteiger partial charge in [0.05, 0.1) is 28.7 Å². The maximum absolute atomic E-state index is 6.44. The van der Waals surface area contributed by atoms with Crippen LogP contribution in [0.15, 0.2) is 46.3 Å². The molecule has 1 atom stereocenters. The summed E-state index contributed by atoms with van der Waals surface area (Å²) in [5.74, 6) is 1.01. The first-order valence-electron chi connectivity index (χ1n) is 9.54. The quantitative estimate of drug-likeness (QED) is 0.672.